The molecule has 7 nitrogen and oxygen atoms in total. The summed E-state index contributed by atoms with van der Waals surface area (Å²) in [6.07, 6.45) is 2.82. The Bertz CT molecular complexity index is 962. The molecule has 0 atom stereocenters. The van der Waals surface area contributed by atoms with Gasteiger partial charge in [0, 0.05) is 17.4 Å². The van der Waals surface area contributed by atoms with Crippen molar-refractivity contribution in [1.29, 1.82) is 0 Å². The van der Waals surface area contributed by atoms with Gasteiger partial charge in [-0.25, -0.2) is 14.4 Å². The number of benzene rings is 2. The number of anilines is 3. The number of carbonyl (C=O) groups is 1. The molecule has 2 heterocycles. The lowest BCUT2D eigenvalue weighted by molar-refractivity contribution is 0.102. The number of fused-ring (bicyclic) bond motifs is 1. The molecule has 0 fully saturated rings. The first-order valence-electron chi connectivity index (χ1n) is 8.23. The fraction of sp³-hybridized carbons (Fsp3) is 0.105. The van der Waals surface area contributed by atoms with Crippen molar-refractivity contribution in [2.45, 2.75) is 0 Å². The van der Waals surface area contributed by atoms with Crippen LogP contribution < -0.4 is 20.1 Å². The first-order valence-corrected chi connectivity index (χ1v) is 8.23. The van der Waals surface area contributed by atoms with Gasteiger partial charge in [-0.1, -0.05) is 0 Å². The van der Waals surface area contributed by atoms with Crippen LogP contribution in [0.2, 0.25) is 0 Å². The molecule has 0 radical (unpaired) electrons. The third-order valence-electron chi connectivity index (χ3n) is 3.80. The van der Waals surface area contributed by atoms with E-state index in [1.54, 1.807) is 0 Å². The van der Waals surface area contributed by atoms with Gasteiger partial charge < -0.3 is 20.1 Å². The summed E-state index contributed by atoms with van der Waals surface area (Å²) in [7, 11) is 0. The average molecular weight is 366 g/mol. The topological polar surface area (TPSA) is 85.4 Å². The van der Waals surface area contributed by atoms with Gasteiger partial charge in [-0.15, -0.1) is 0 Å². The van der Waals surface area contributed by atoms with Gasteiger partial charge in [0.05, 0.1) is 12.4 Å². The molecule has 1 aliphatic heterocycles. The zero-order chi connectivity index (χ0) is 18.6. The summed E-state index contributed by atoms with van der Waals surface area (Å²) in [5.41, 5.74) is 1.38. The Kier molecular flexibility index (Phi) is 4.52. The maximum Gasteiger partial charge on any atom is 0.275 e. The molecule has 136 valence electrons. The summed E-state index contributed by atoms with van der Waals surface area (Å²) in [5.74, 6) is 1.03. The molecular weight excluding hydrogens is 351 g/mol. The lowest BCUT2D eigenvalue weighted by Crippen LogP contribution is -2.15. The van der Waals surface area contributed by atoms with Crippen molar-refractivity contribution in [3.8, 4) is 11.5 Å². The average Bonchev–Trinajstić information content (AvgIpc) is 2.70. The highest BCUT2D eigenvalue weighted by Crippen LogP contribution is 2.33. The van der Waals surface area contributed by atoms with Crippen LogP contribution in [0.1, 0.15) is 10.5 Å². The van der Waals surface area contributed by atoms with Gasteiger partial charge in [0.1, 0.15) is 30.5 Å². The first-order chi connectivity index (χ1) is 13.2. The van der Waals surface area contributed by atoms with Crippen molar-refractivity contribution >= 4 is 23.1 Å². The van der Waals surface area contributed by atoms with Crippen LogP contribution >= 0.6 is 0 Å². The van der Waals surface area contributed by atoms with Gasteiger partial charge in [0.2, 0.25) is 0 Å². The highest BCUT2D eigenvalue weighted by atomic mass is 19.1. The lowest BCUT2D eigenvalue weighted by Gasteiger charge is -2.19. The van der Waals surface area contributed by atoms with Crippen molar-refractivity contribution in [2.24, 2.45) is 0 Å². The molecule has 8 heteroatoms. The molecule has 4 rings (SSSR count). The molecule has 1 aliphatic rings. The van der Waals surface area contributed by atoms with Crippen molar-refractivity contribution in [2.75, 3.05) is 23.8 Å². The number of carbonyl (C=O) groups excluding carboxylic acids is 1. The zero-order valence-corrected chi connectivity index (χ0v) is 14.1. The summed E-state index contributed by atoms with van der Waals surface area (Å²) in [4.78, 5) is 20.5. The van der Waals surface area contributed by atoms with Crippen LogP contribution in [0.3, 0.4) is 0 Å². The van der Waals surface area contributed by atoms with E-state index in [0.717, 1.165) is 5.69 Å². The predicted molar refractivity (Wildman–Crippen MR) is 97.1 cm³/mol. The van der Waals surface area contributed by atoms with Crippen LogP contribution in [0, 0.1) is 5.82 Å². The molecule has 1 aromatic heterocycles. The van der Waals surface area contributed by atoms with E-state index in [9.17, 15) is 9.18 Å². The third kappa shape index (κ3) is 3.95. The Balaban J connectivity index is 1.42. The van der Waals surface area contributed by atoms with Crippen molar-refractivity contribution < 1.29 is 18.7 Å². The molecule has 0 unspecified atom stereocenters. The largest absolute Gasteiger partial charge is 0.486 e. The fourth-order valence-corrected chi connectivity index (χ4v) is 2.51. The van der Waals surface area contributed by atoms with Crippen LogP contribution in [0.4, 0.5) is 21.6 Å². The van der Waals surface area contributed by atoms with Gasteiger partial charge >= 0.3 is 0 Å². The van der Waals surface area contributed by atoms with Crippen molar-refractivity contribution in [1.82, 2.24) is 9.97 Å². The minimum Gasteiger partial charge on any atom is -0.486 e. The number of amides is 1. The maximum atomic E-state index is 12.9. The summed E-state index contributed by atoms with van der Waals surface area (Å²) in [6, 6.07) is 10.9. The highest BCUT2D eigenvalue weighted by molar-refractivity contribution is 6.02. The molecule has 27 heavy (non-hydrogen) atoms. The first kappa shape index (κ1) is 16.8. The molecule has 1 amide bonds. The standard InChI is InChI=1S/C19H15FN4O3/c20-12-1-3-13(4-2-12)24-19(25)15-10-22-18(11-21-15)23-14-5-6-16-17(9-14)27-8-7-26-16/h1-6,9-11H,7-8H2,(H,22,23)(H,24,25). The molecule has 0 saturated carbocycles. The lowest BCUT2D eigenvalue weighted by atomic mass is 10.2. The zero-order valence-electron chi connectivity index (χ0n) is 14.1. The third-order valence-corrected chi connectivity index (χ3v) is 3.80. The molecule has 0 bridgehead atoms. The molecule has 0 spiro atoms. The van der Waals surface area contributed by atoms with Gasteiger partial charge in [-0.2, -0.15) is 0 Å². The highest BCUT2D eigenvalue weighted by Gasteiger charge is 2.13. The minimum atomic E-state index is -0.431. The normalized spacial score (nSPS) is 12.3. The predicted octanol–water partition coefficient (Wildman–Crippen LogP) is 3.38. The number of nitrogens with one attached hydrogen (secondary N) is 2. The van der Waals surface area contributed by atoms with Crippen molar-refractivity contribution in [3.63, 3.8) is 0 Å². The van der Waals surface area contributed by atoms with Crippen LogP contribution in [0.5, 0.6) is 11.5 Å². The second-order valence-electron chi connectivity index (χ2n) is 5.73. The van der Waals surface area contributed by atoms with Gasteiger partial charge in [0.25, 0.3) is 5.91 Å². The number of aromatic nitrogens is 2. The van der Waals surface area contributed by atoms with Crippen LogP contribution in [0.25, 0.3) is 0 Å². The van der Waals surface area contributed by atoms with E-state index in [1.165, 1.54) is 36.7 Å². The smallest absolute Gasteiger partial charge is 0.275 e. The van der Waals surface area contributed by atoms with Crippen LogP contribution in [-0.4, -0.2) is 29.1 Å². The Morgan fingerprint density at radius 2 is 1.67 bits per heavy atom. The number of hydrogen-bond donors (Lipinski definition) is 2. The Labute approximate surface area is 154 Å². The van der Waals surface area contributed by atoms with Crippen LogP contribution in [0.15, 0.2) is 54.9 Å². The van der Waals surface area contributed by atoms with Gasteiger partial charge in [-0.05, 0) is 36.4 Å². The monoisotopic (exact) mass is 366 g/mol. The quantitative estimate of drug-likeness (QED) is 0.736. The molecular formula is C19H15FN4O3. The molecule has 2 N–H and O–H groups in total. The van der Waals surface area contributed by atoms with E-state index >= 15 is 0 Å². The SMILES string of the molecule is O=C(Nc1ccc(F)cc1)c1cnc(Nc2ccc3c(c2)OCCO3)cn1. The van der Waals surface area contributed by atoms with Gasteiger partial charge in [0.15, 0.2) is 11.5 Å². The van der Waals surface area contributed by atoms with Gasteiger partial charge in [-0.3, -0.25) is 4.79 Å². The van der Waals surface area contributed by atoms with E-state index in [4.69, 9.17) is 9.47 Å². The van der Waals surface area contributed by atoms with E-state index in [-0.39, 0.29) is 11.5 Å². The second kappa shape index (κ2) is 7.28. The molecule has 0 saturated heterocycles. The summed E-state index contributed by atoms with van der Waals surface area (Å²) in [5, 5.41) is 5.72. The molecule has 2 aromatic carbocycles. The van der Waals surface area contributed by atoms with E-state index in [1.807, 2.05) is 18.2 Å². The molecule has 0 aliphatic carbocycles. The van der Waals surface area contributed by atoms with E-state index in [0.29, 0.717) is 36.2 Å². The summed E-state index contributed by atoms with van der Waals surface area (Å²) in [6.45, 7) is 1.04. The summed E-state index contributed by atoms with van der Waals surface area (Å²) < 4.78 is 23.9. The Hall–Kier alpha value is -3.68. The Morgan fingerprint density at radius 3 is 2.41 bits per heavy atom. The molecule has 3 aromatic rings. The summed E-state index contributed by atoms with van der Waals surface area (Å²) >= 11 is 0. The second-order valence-corrected chi connectivity index (χ2v) is 5.73. The number of hydrogen-bond acceptors (Lipinski definition) is 6. The van der Waals surface area contributed by atoms with E-state index in [2.05, 4.69) is 20.6 Å². The van der Waals surface area contributed by atoms with E-state index < -0.39 is 5.91 Å². The minimum absolute atomic E-state index is 0.145. The fourth-order valence-electron chi connectivity index (χ4n) is 2.51. The van der Waals surface area contributed by atoms with Crippen molar-refractivity contribution in [3.05, 3.63) is 66.4 Å². The maximum absolute atomic E-state index is 12.9. The number of rotatable bonds is 4. The number of ether oxygens (including phenoxy) is 2. The number of halogens is 1. The number of nitrogens with zero attached hydrogens (tertiary/aromatic N) is 2. The van der Waals surface area contributed by atoms with Crippen LogP contribution in [-0.2, 0) is 0 Å². The Morgan fingerprint density at radius 1 is 0.926 bits per heavy atom.